The van der Waals surface area contributed by atoms with Crippen molar-refractivity contribution in [1.82, 2.24) is 24.9 Å². The summed E-state index contributed by atoms with van der Waals surface area (Å²) in [6, 6.07) is 4.01. The molecule has 5 rings (SSSR count). The number of nitrogen functional groups attached to an aromatic ring is 1. The fraction of sp³-hybridized carbons (Fsp3) is 0.375. The molecule has 0 aromatic carbocycles. The summed E-state index contributed by atoms with van der Waals surface area (Å²) >= 11 is 1.67. The molecule has 0 atom stereocenters. The number of anilines is 3. The highest BCUT2D eigenvalue weighted by molar-refractivity contribution is 7.23. The number of thiophene rings is 1. The standard InChI is InChI=1S/C24H28N8O3S/c1-15-19-21(36-20(15)16-2-3-18(27-12-16)26-4-8-34-11-7-33)23(32-5-9-35-10-6-32)31-22(30-19)17-13-28-24(25)29-14-17/h2-3,12-14,33H,4-11H2,1H3,(H,26,27)(H2,25,28,29). The van der Waals surface area contributed by atoms with Gasteiger partial charge in [-0.2, -0.15) is 0 Å². The van der Waals surface area contributed by atoms with Crippen molar-refractivity contribution < 1.29 is 14.6 Å². The van der Waals surface area contributed by atoms with Gasteiger partial charge in [0.25, 0.3) is 0 Å². The van der Waals surface area contributed by atoms with E-state index in [9.17, 15) is 0 Å². The van der Waals surface area contributed by atoms with Gasteiger partial charge in [0.1, 0.15) is 5.82 Å². The van der Waals surface area contributed by atoms with Crippen LogP contribution < -0.4 is 16.0 Å². The molecule has 0 bridgehead atoms. The highest BCUT2D eigenvalue weighted by Crippen LogP contribution is 2.42. The minimum absolute atomic E-state index is 0.0222. The molecule has 1 aliphatic rings. The number of nitrogens with two attached hydrogens (primary N) is 1. The number of rotatable bonds is 9. The minimum Gasteiger partial charge on any atom is -0.394 e. The van der Waals surface area contributed by atoms with Crippen LogP contribution in [0, 0.1) is 6.92 Å². The number of aliphatic hydroxyl groups excluding tert-OH is 1. The van der Waals surface area contributed by atoms with Gasteiger partial charge >= 0.3 is 0 Å². The maximum atomic E-state index is 8.79. The zero-order valence-electron chi connectivity index (χ0n) is 20.0. The molecule has 0 aliphatic carbocycles. The molecule has 36 heavy (non-hydrogen) atoms. The first-order valence-electron chi connectivity index (χ1n) is 11.7. The van der Waals surface area contributed by atoms with Crippen LogP contribution in [0.3, 0.4) is 0 Å². The van der Waals surface area contributed by atoms with Crippen molar-refractivity contribution in [2.75, 3.05) is 68.6 Å². The number of hydrogen-bond acceptors (Lipinski definition) is 12. The average Bonchev–Trinajstić information content (AvgIpc) is 3.25. The van der Waals surface area contributed by atoms with Gasteiger partial charge in [-0.05, 0) is 24.6 Å². The van der Waals surface area contributed by atoms with E-state index in [1.165, 1.54) is 0 Å². The van der Waals surface area contributed by atoms with Crippen LogP contribution in [0.25, 0.3) is 32.0 Å². The molecule has 0 amide bonds. The van der Waals surface area contributed by atoms with Crippen LogP contribution in [0.1, 0.15) is 5.56 Å². The molecular formula is C24H28N8O3S. The maximum absolute atomic E-state index is 8.79. The second kappa shape index (κ2) is 11.1. The lowest BCUT2D eigenvalue weighted by Crippen LogP contribution is -2.36. The van der Waals surface area contributed by atoms with Crippen molar-refractivity contribution >= 4 is 39.1 Å². The van der Waals surface area contributed by atoms with E-state index in [1.807, 2.05) is 12.3 Å². The summed E-state index contributed by atoms with van der Waals surface area (Å²) < 4.78 is 11.9. The Morgan fingerprint density at radius 2 is 1.86 bits per heavy atom. The van der Waals surface area contributed by atoms with Crippen molar-refractivity contribution in [3.8, 4) is 21.8 Å². The van der Waals surface area contributed by atoms with Gasteiger partial charge in [0.05, 0.1) is 48.8 Å². The molecule has 0 saturated carbocycles. The molecule has 188 valence electrons. The number of fused-ring (bicyclic) bond motifs is 1. The fourth-order valence-corrected chi connectivity index (χ4v) is 5.22. The third kappa shape index (κ3) is 5.21. The second-order valence-electron chi connectivity index (χ2n) is 8.23. The zero-order chi connectivity index (χ0) is 24.9. The summed E-state index contributed by atoms with van der Waals surface area (Å²) in [6.45, 7) is 6.40. The summed E-state index contributed by atoms with van der Waals surface area (Å²) in [5, 5.41) is 12.0. The molecule has 1 saturated heterocycles. The molecule has 11 nitrogen and oxygen atoms in total. The SMILES string of the molecule is Cc1c(-c2ccc(NCCOCCO)nc2)sc2c(N3CCOCC3)nc(-c3cnc(N)nc3)nc12. The van der Waals surface area contributed by atoms with Gasteiger partial charge in [0.15, 0.2) is 11.6 Å². The third-order valence-corrected chi connectivity index (χ3v) is 7.13. The van der Waals surface area contributed by atoms with Crippen molar-refractivity contribution in [3.63, 3.8) is 0 Å². The molecule has 5 heterocycles. The zero-order valence-corrected chi connectivity index (χ0v) is 20.8. The molecule has 0 spiro atoms. The van der Waals surface area contributed by atoms with Gasteiger partial charge in [0, 0.05) is 48.7 Å². The Morgan fingerprint density at radius 1 is 1.08 bits per heavy atom. The van der Waals surface area contributed by atoms with Gasteiger partial charge in [-0.15, -0.1) is 11.3 Å². The second-order valence-corrected chi connectivity index (χ2v) is 9.25. The summed E-state index contributed by atoms with van der Waals surface area (Å²) in [5.41, 5.74) is 9.39. The highest BCUT2D eigenvalue weighted by Gasteiger charge is 2.23. The summed E-state index contributed by atoms with van der Waals surface area (Å²) in [4.78, 5) is 26.0. The predicted molar refractivity (Wildman–Crippen MR) is 140 cm³/mol. The largest absolute Gasteiger partial charge is 0.394 e. The predicted octanol–water partition coefficient (Wildman–Crippen LogP) is 2.36. The van der Waals surface area contributed by atoms with E-state index in [1.54, 1.807) is 23.7 Å². The number of morpholine rings is 1. The quantitative estimate of drug-likeness (QED) is 0.287. The monoisotopic (exact) mass is 508 g/mol. The fourth-order valence-electron chi connectivity index (χ4n) is 3.97. The van der Waals surface area contributed by atoms with Gasteiger partial charge in [-0.3, -0.25) is 0 Å². The Morgan fingerprint density at radius 3 is 2.58 bits per heavy atom. The third-order valence-electron chi connectivity index (χ3n) is 5.80. The van der Waals surface area contributed by atoms with Crippen molar-refractivity contribution in [3.05, 3.63) is 36.3 Å². The van der Waals surface area contributed by atoms with Gasteiger partial charge in [0.2, 0.25) is 5.95 Å². The number of aromatic nitrogens is 5. The van der Waals surface area contributed by atoms with E-state index in [-0.39, 0.29) is 12.6 Å². The Hall–Kier alpha value is -3.45. The van der Waals surface area contributed by atoms with Crippen LogP contribution in [-0.4, -0.2) is 82.7 Å². The summed E-state index contributed by atoms with van der Waals surface area (Å²) in [7, 11) is 0. The van der Waals surface area contributed by atoms with E-state index in [0.29, 0.717) is 44.4 Å². The molecule has 4 aromatic rings. The maximum Gasteiger partial charge on any atom is 0.219 e. The molecule has 0 unspecified atom stereocenters. The van der Waals surface area contributed by atoms with Crippen molar-refractivity contribution in [2.24, 2.45) is 0 Å². The van der Waals surface area contributed by atoms with E-state index in [4.69, 9.17) is 30.3 Å². The van der Waals surface area contributed by atoms with Crippen LogP contribution in [0.4, 0.5) is 17.6 Å². The smallest absolute Gasteiger partial charge is 0.219 e. The molecule has 12 heteroatoms. The number of ether oxygens (including phenoxy) is 2. The molecule has 1 fully saturated rings. The summed E-state index contributed by atoms with van der Waals surface area (Å²) in [6.07, 6.45) is 5.17. The Labute approximate surface area is 212 Å². The van der Waals surface area contributed by atoms with Crippen molar-refractivity contribution in [1.29, 1.82) is 0 Å². The molecule has 0 radical (unpaired) electrons. The first-order chi connectivity index (χ1) is 17.6. The van der Waals surface area contributed by atoms with Gasteiger partial charge in [-0.1, -0.05) is 0 Å². The topological polar surface area (TPSA) is 144 Å². The highest BCUT2D eigenvalue weighted by atomic mass is 32.1. The molecule has 1 aliphatic heterocycles. The molecular weight excluding hydrogens is 480 g/mol. The minimum atomic E-state index is 0.0222. The normalized spacial score (nSPS) is 13.9. The van der Waals surface area contributed by atoms with Crippen LogP contribution in [0.15, 0.2) is 30.7 Å². The van der Waals surface area contributed by atoms with Gasteiger partial charge in [-0.25, -0.2) is 24.9 Å². The lowest BCUT2D eigenvalue weighted by molar-refractivity contribution is 0.0992. The number of nitrogens with one attached hydrogen (secondary N) is 1. The molecule has 4 aromatic heterocycles. The van der Waals surface area contributed by atoms with Crippen molar-refractivity contribution in [2.45, 2.75) is 6.92 Å². The number of pyridine rings is 1. The first-order valence-corrected chi connectivity index (χ1v) is 12.6. The molecule has 4 N–H and O–H groups in total. The van der Waals surface area contributed by atoms with E-state index < -0.39 is 0 Å². The van der Waals surface area contributed by atoms with E-state index >= 15 is 0 Å². The van der Waals surface area contributed by atoms with Crippen LogP contribution in [-0.2, 0) is 9.47 Å². The number of aliphatic hydroxyl groups is 1. The number of aryl methyl sites for hydroxylation is 1. The number of hydrogen-bond donors (Lipinski definition) is 3. The Kier molecular flexibility index (Phi) is 7.47. The summed E-state index contributed by atoms with van der Waals surface area (Å²) in [5.74, 6) is 2.44. The van der Waals surface area contributed by atoms with E-state index in [0.717, 1.165) is 50.9 Å². The van der Waals surface area contributed by atoms with Crippen LogP contribution in [0.5, 0.6) is 0 Å². The lowest BCUT2D eigenvalue weighted by atomic mass is 10.1. The van der Waals surface area contributed by atoms with Crippen LogP contribution in [0.2, 0.25) is 0 Å². The lowest BCUT2D eigenvalue weighted by Gasteiger charge is -2.28. The average molecular weight is 509 g/mol. The number of nitrogens with zero attached hydrogens (tertiary/aromatic N) is 6. The van der Waals surface area contributed by atoms with Crippen LogP contribution >= 0.6 is 11.3 Å². The Balaban J connectivity index is 1.49. The Bertz CT molecular complexity index is 1310. The van der Waals surface area contributed by atoms with Gasteiger partial charge < -0.3 is 30.5 Å². The van der Waals surface area contributed by atoms with E-state index in [2.05, 4.69) is 38.2 Å². The first kappa shape index (κ1) is 24.3.